The average molecular weight is 379 g/mol. The van der Waals surface area contributed by atoms with Gasteiger partial charge in [-0.15, -0.1) is 0 Å². The Kier molecular flexibility index (Phi) is 5.13. The minimum absolute atomic E-state index is 0.000597. The number of hydrogen-bond acceptors (Lipinski definition) is 4. The molecule has 0 unspecified atom stereocenters. The van der Waals surface area contributed by atoms with Crippen molar-refractivity contribution in [3.63, 3.8) is 0 Å². The lowest BCUT2D eigenvalue weighted by atomic mass is 9.71. The molecule has 1 N–H and O–H groups in total. The fourth-order valence-corrected chi connectivity index (χ4v) is 4.42. The second-order valence-electron chi connectivity index (χ2n) is 7.76. The highest BCUT2D eigenvalue weighted by atomic mass is 16.5. The van der Waals surface area contributed by atoms with Gasteiger partial charge in [0.2, 0.25) is 5.91 Å². The van der Waals surface area contributed by atoms with E-state index in [2.05, 4.69) is 10.3 Å². The molecule has 2 fully saturated rings. The molecule has 2 saturated heterocycles. The van der Waals surface area contributed by atoms with Gasteiger partial charge in [-0.25, -0.2) is 0 Å². The first-order chi connectivity index (χ1) is 13.6. The maximum Gasteiger partial charge on any atom is 0.254 e. The van der Waals surface area contributed by atoms with Crippen LogP contribution in [0.3, 0.4) is 0 Å². The summed E-state index contributed by atoms with van der Waals surface area (Å²) in [4.78, 5) is 32.2. The quantitative estimate of drug-likeness (QED) is 0.890. The molecule has 2 aliphatic rings. The maximum absolute atomic E-state index is 13.2. The number of nitrogens with zero attached hydrogens (tertiary/aromatic N) is 2. The molecule has 4 rings (SSSR count). The van der Waals surface area contributed by atoms with E-state index in [1.165, 1.54) is 0 Å². The summed E-state index contributed by atoms with van der Waals surface area (Å²) in [6.07, 6.45) is 4.89. The Hall–Kier alpha value is -2.73. The second kappa shape index (κ2) is 7.72. The normalized spacial score (nSPS) is 20.9. The van der Waals surface area contributed by atoms with E-state index in [9.17, 15) is 9.59 Å². The van der Waals surface area contributed by atoms with Crippen LogP contribution in [0.15, 0.2) is 48.8 Å². The summed E-state index contributed by atoms with van der Waals surface area (Å²) in [6, 6.07) is 11.2. The molecule has 146 valence electrons. The molecule has 3 heterocycles. The molecule has 2 aliphatic heterocycles. The smallest absolute Gasteiger partial charge is 0.254 e. The van der Waals surface area contributed by atoms with Crippen molar-refractivity contribution in [3.05, 3.63) is 59.9 Å². The third kappa shape index (κ3) is 3.52. The number of rotatable bonds is 3. The molecule has 1 aromatic heterocycles. The van der Waals surface area contributed by atoms with Crippen LogP contribution < -0.4 is 5.32 Å². The molecule has 0 aliphatic carbocycles. The van der Waals surface area contributed by atoms with Crippen LogP contribution in [0, 0.1) is 18.3 Å². The zero-order valence-electron chi connectivity index (χ0n) is 16.1. The number of pyridine rings is 1. The lowest BCUT2D eigenvalue weighted by Gasteiger charge is -2.37. The number of aryl methyl sites for hydroxylation is 1. The van der Waals surface area contributed by atoms with E-state index in [0.29, 0.717) is 37.6 Å². The topological polar surface area (TPSA) is 71.5 Å². The highest BCUT2D eigenvalue weighted by Crippen LogP contribution is 2.45. The van der Waals surface area contributed by atoms with Gasteiger partial charge in [-0.3, -0.25) is 14.6 Å². The third-order valence-corrected chi connectivity index (χ3v) is 6.04. The Balaban J connectivity index is 1.58. The minimum Gasteiger partial charge on any atom is -0.381 e. The predicted octanol–water partition coefficient (Wildman–Crippen LogP) is 2.90. The number of aromatic nitrogens is 1. The van der Waals surface area contributed by atoms with E-state index in [4.69, 9.17) is 4.74 Å². The molecule has 0 bridgehead atoms. The predicted molar refractivity (Wildman–Crippen MR) is 106 cm³/mol. The summed E-state index contributed by atoms with van der Waals surface area (Å²) in [5.74, 6) is -0.305. The number of ether oxygens (including phenoxy) is 1. The first kappa shape index (κ1) is 18.6. The molecule has 28 heavy (non-hydrogen) atoms. The number of nitrogens with one attached hydrogen (secondary N) is 1. The Morgan fingerprint density at radius 3 is 2.68 bits per heavy atom. The lowest BCUT2D eigenvalue weighted by molar-refractivity contribution is -0.124. The van der Waals surface area contributed by atoms with Crippen molar-refractivity contribution in [2.75, 3.05) is 31.6 Å². The third-order valence-electron chi connectivity index (χ3n) is 6.04. The summed E-state index contributed by atoms with van der Waals surface area (Å²) >= 11 is 0. The van der Waals surface area contributed by atoms with Crippen LogP contribution in [0.1, 0.15) is 28.8 Å². The molecular formula is C22H25N3O3. The number of benzene rings is 1. The summed E-state index contributed by atoms with van der Waals surface area (Å²) in [7, 11) is 0. The Bertz CT molecular complexity index is 862. The number of carbonyl (C=O) groups excluding carboxylic acids is 2. The van der Waals surface area contributed by atoms with Crippen LogP contribution in [0.25, 0.3) is 0 Å². The van der Waals surface area contributed by atoms with Gasteiger partial charge in [0.1, 0.15) is 0 Å². The highest BCUT2D eigenvalue weighted by Gasteiger charge is 2.51. The van der Waals surface area contributed by atoms with Gasteiger partial charge in [0, 0.05) is 43.5 Å². The number of anilines is 1. The van der Waals surface area contributed by atoms with Gasteiger partial charge in [-0.05, 0) is 43.5 Å². The minimum atomic E-state index is -0.260. The molecule has 2 aromatic rings. The molecule has 2 amide bonds. The van der Waals surface area contributed by atoms with E-state index < -0.39 is 0 Å². The van der Waals surface area contributed by atoms with E-state index in [-0.39, 0.29) is 23.1 Å². The SMILES string of the molecule is Cc1ccccc1C(=O)N1C[C@@H](C(=O)Nc2cccnc2)C2(CCOCC2)C1. The van der Waals surface area contributed by atoms with E-state index in [1.807, 2.05) is 42.2 Å². The van der Waals surface area contributed by atoms with Crippen molar-refractivity contribution in [1.82, 2.24) is 9.88 Å². The van der Waals surface area contributed by atoms with Crippen LogP contribution in [-0.2, 0) is 9.53 Å². The first-order valence-electron chi connectivity index (χ1n) is 9.73. The van der Waals surface area contributed by atoms with Crippen molar-refractivity contribution < 1.29 is 14.3 Å². The maximum atomic E-state index is 13.2. The molecule has 1 spiro atoms. The molecule has 6 heteroatoms. The van der Waals surface area contributed by atoms with Crippen LogP contribution in [-0.4, -0.2) is 48.0 Å². The Morgan fingerprint density at radius 2 is 1.96 bits per heavy atom. The average Bonchev–Trinajstić information content (AvgIpc) is 3.08. The number of amides is 2. The lowest BCUT2D eigenvalue weighted by Crippen LogP contribution is -2.42. The molecular weight excluding hydrogens is 354 g/mol. The van der Waals surface area contributed by atoms with Gasteiger partial charge in [0.05, 0.1) is 17.8 Å². The van der Waals surface area contributed by atoms with Crippen molar-refractivity contribution in [2.24, 2.45) is 11.3 Å². The monoisotopic (exact) mass is 379 g/mol. The van der Waals surface area contributed by atoms with Gasteiger partial charge in [-0.1, -0.05) is 18.2 Å². The molecule has 1 atom stereocenters. The fraction of sp³-hybridized carbons (Fsp3) is 0.409. The number of carbonyl (C=O) groups is 2. The van der Waals surface area contributed by atoms with Crippen LogP contribution in [0.4, 0.5) is 5.69 Å². The van der Waals surface area contributed by atoms with Gasteiger partial charge >= 0.3 is 0 Å². The van der Waals surface area contributed by atoms with Crippen molar-refractivity contribution in [1.29, 1.82) is 0 Å². The van der Waals surface area contributed by atoms with Gasteiger partial charge in [0.25, 0.3) is 5.91 Å². The Labute approximate surface area is 164 Å². The summed E-state index contributed by atoms with van der Waals surface area (Å²) in [5.41, 5.74) is 2.11. The van der Waals surface area contributed by atoms with Crippen molar-refractivity contribution in [2.45, 2.75) is 19.8 Å². The fourth-order valence-electron chi connectivity index (χ4n) is 4.42. The molecule has 6 nitrogen and oxygen atoms in total. The van der Waals surface area contributed by atoms with Gasteiger partial charge in [0.15, 0.2) is 0 Å². The zero-order valence-corrected chi connectivity index (χ0v) is 16.1. The van der Waals surface area contributed by atoms with Crippen molar-refractivity contribution in [3.8, 4) is 0 Å². The zero-order chi connectivity index (χ0) is 19.6. The molecule has 0 saturated carbocycles. The molecule has 0 radical (unpaired) electrons. The summed E-state index contributed by atoms with van der Waals surface area (Å²) in [5, 5.41) is 2.99. The summed E-state index contributed by atoms with van der Waals surface area (Å²) in [6.45, 7) is 4.22. The van der Waals surface area contributed by atoms with Gasteiger partial charge < -0.3 is 15.0 Å². The summed E-state index contributed by atoms with van der Waals surface area (Å²) < 4.78 is 5.56. The van der Waals surface area contributed by atoms with Gasteiger partial charge in [-0.2, -0.15) is 0 Å². The number of hydrogen-bond donors (Lipinski definition) is 1. The first-order valence-corrected chi connectivity index (χ1v) is 9.73. The van der Waals surface area contributed by atoms with E-state index in [1.54, 1.807) is 18.5 Å². The molecule has 1 aromatic carbocycles. The largest absolute Gasteiger partial charge is 0.381 e. The van der Waals surface area contributed by atoms with Crippen LogP contribution in [0.2, 0.25) is 0 Å². The van der Waals surface area contributed by atoms with E-state index in [0.717, 1.165) is 18.4 Å². The highest BCUT2D eigenvalue weighted by molar-refractivity contribution is 5.98. The second-order valence-corrected chi connectivity index (χ2v) is 7.76. The number of likely N-dealkylation sites (tertiary alicyclic amines) is 1. The Morgan fingerprint density at radius 1 is 1.18 bits per heavy atom. The van der Waals surface area contributed by atoms with Crippen LogP contribution >= 0.6 is 0 Å². The van der Waals surface area contributed by atoms with Crippen LogP contribution in [0.5, 0.6) is 0 Å². The van der Waals surface area contributed by atoms with E-state index >= 15 is 0 Å². The standard InChI is InChI=1S/C22H25N3O3/c1-16-5-2-3-7-18(16)21(27)25-14-19(22(15-25)8-11-28-12-9-22)20(26)24-17-6-4-10-23-13-17/h2-7,10,13,19H,8-9,11-12,14-15H2,1H3,(H,24,26)/t19-/m0/s1. The van der Waals surface area contributed by atoms with Crippen molar-refractivity contribution >= 4 is 17.5 Å².